The van der Waals surface area contributed by atoms with E-state index in [2.05, 4.69) is 25.0 Å². The SMILES string of the molecule is O=C(CCc1nc(-c2ccc(Cl)cc2)no1)Nc1ccc(-c2ncc3n2CCCC3)cc1. The van der Waals surface area contributed by atoms with Gasteiger partial charge in [0, 0.05) is 53.1 Å². The predicted molar refractivity (Wildman–Crippen MR) is 122 cm³/mol. The van der Waals surface area contributed by atoms with Crippen LogP contribution in [0.3, 0.4) is 0 Å². The first-order valence-corrected chi connectivity index (χ1v) is 11.1. The first-order valence-electron chi connectivity index (χ1n) is 10.7. The molecule has 1 aliphatic heterocycles. The second-order valence-electron chi connectivity index (χ2n) is 7.83. The molecule has 0 radical (unpaired) electrons. The van der Waals surface area contributed by atoms with Crippen molar-refractivity contribution in [3.8, 4) is 22.8 Å². The molecule has 8 heteroatoms. The number of benzene rings is 2. The first-order chi connectivity index (χ1) is 15.7. The molecule has 0 fully saturated rings. The average molecular weight is 448 g/mol. The minimum Gasteiger partial charge on any atom is -0.339 e. The number of aromatic nitrogens is 4. The number of hydrogen-bond acceptors (Lipinski definition) is 5. The molecule has 0 saturated carbocycles. The molecule has 32 heavy (non-hydrogen) atoms. The molecule has 2 aromatic heterocycles. The molecular weight excluding hydrogens is 426 g/mol. The van der Waals surface area contributed by atoms with Crippen molar-refractivity contribution in [3.63, 3.8) is 0 Å². The lowest BCUT2D eigenvalue weighted by molar-refractivity contribution is -0.116. The Morgan fingerprint density at radius 2 is 1.84 bits per heavy atom. The Balaban J connectivity index is 1.17. The summed E-state index contributed by atoms with van der Waals surface area (Å²) in [6.07, 6.45) is 6.08. The van der Waals surface area contributed by atoms with E-state index in [1.54, 1.807) is 12.1 Å². The fraction of sp³-hybridized carbons (Fsp3) is 0.250. The van der Waals surface area contributed by atoms with Gasteiger partial charge in [0.05, 0.1) is 0 Å². The van der Waals surface area contributed by atoms with Crippen LogP contribution in [0.2, 0.25) is 5.02 Å². The molecule has 0 spiro atoms. The number of nitrogens with zero attached hydrogens (tertiary/aromatic N) is 4. The van der Waals surface area contributed by atoms with Gasteiger partial charge in [-0.15, -0.1) is 0 Å². The molecule has 0 bridgehead atoms. The summed E-state index contributed by atoms with van der Waals surface area (Å²) in [7, 11) is 0. The number of nitrogens with one attached hydrogen (secondary N) is 1. The molecule has 1 aliphatic rings. The zero-order valence-electron chi connectivity index (χ0n) is 17.4. The Bertz CT molecular complexity index is 1230. The van der Waals surface area contributed by atoms with Crippen LogP contribution in [-0.2, 0) is 24.2 Å². The molecule has 3 heterocycles. The van der Waals surface area contributed by atoms with Gasteiger partial charge in [0.1, 0.15) is 5.82 Å². The minimum absolute atomic E-state index is 0.109. The number of carbonyl (C=O) groups is 1. The molecule has 7 nitrogen and oxygen atoms in total. The standard InChI is InChI=1S/C24H22ClN5O2/c25-18-8-4-16(5-9-18)23-28-22(32-29-23)13-12-21(31)27-19-10-6-17(7-11-19)24-26-15-20-3-1-2-14-30(20)24/h4-11,15H,1-3,12-14H2,(H,27,31). The summed E-state index contributed by atoms with van der Waals surface area (Å²) in [5.41, 5.74) is 3.91. The minimum atomic E-state index is -0.109. The molecule has 1 N–H and O–H groups in total. The third-order valence-corrected chi connectivity index (χ3v) is 5.82. The van der Waals surface area contributed by atoms with Gasteiger partial charge < -0.3 is 14.4 Å². The Morgan fingerprint density at radius 3 is 2.66 bits per heavy atom. The van der Waals surface area contributed by atoms with E-state index in [1.807, 2.05) is 42.6 Å². The summed E-state index contributed by atoms with van der Waals surface area (Å²) in [6, 6.07) is 15.0. The van der Waals surface area contributed by atoms with Crippen LogP contribution in [0.5, 0.6) is 0 Å². The number of carbonyl (C=O) groups excluding carboxylic acids is 1. The zero-order chi connectivity index (χ0) is 21.9. The quantitative estimate of drug-likeness (QED) is 0.441. The molecule has 1 amide bonds. The van der Waals surface area contributed by atoms with E-state index in [4.69, 9.17) is 16.1 Å². The fourth-order valence-electron chi connectivity index (χ4n) is 3.89. The number of rotatable bonds is 6. The third kappa shape index (κ3) is 4.43. The van der Waals surface area contributed by atoms with E-state index in [0.29, 0.717) is 23.2 Å². The van der Waals surface area contributed by atoms with Gasteiger partial charge in [-0.3, -0.25) is 4.79 Å². The second-order valence-corrected chi connectivity index (χ2v) is 8.26. The average Bonchev–Trinajstić information content (AvgIpc) is 3.46. The maximum absolute atomic E-state index is 12.4. The highest BCUT2D eigenvalue weighted by molar-refractivity contribution is 6.30. The van der Waals surface area contributed by atoms with Gasteiger partial charge in [0.2, 0.25) is 17.6 Å². The van der Waals surface area contributed by atoms with Crippen molar-refractivity contribution in [2.24, 2.45) is 0 Å². The Morgan fingerprint density at radius 1 is 1.06 bits per heavy atom. The van der Waals surface area contributed by atoms with Crippen molar-refractivity contribution in [2.45, 2.75) is 38.6 Å². The Kier molecular flexibility index (Phi) is 5.73. The normalized spacial score (nSPS) is 13.0. The number of hydrogen-bond donors (Lipinski definition) is 1. The van der Waals surface area contributed by atoms with Crippen LogP contribution in [0.15, 0.2) is 59.3 Å². The second kappa shape index (κ2) is 8.96. The summed E-state index contributed by atoms with van der Waals surface area (Å²) in [4.78, 5) is 21.3. The van der Waals surface area contributed by atoms with E-state index in [9.17, 15) is 4.79 Å². The van der Waals surface area contributed by atoms with Gasteiger partial charge in [-0.25, -0.2) is 4.98 Å². The van der Waals surface area contributed by atoms with Gasteiger partial charge in [0.15, 0.2) is 0 Å². The van der Waals surface area contributed by atoms with Crippen LogP contribution in [-0.4, -0.2) is 25.6 Å². The molecule has 0 aliphatic carbocycles. The Labute approximate surface area is 190 Å². The zero-order valence-corrected chi connectivity index (χ0v) is 18.2. The number of anilines is 1. The fourth-order valence-corrected chi connectivity index (χ4v) is 4.01. The number of fused-ring (bicyclic) bond motifs is 1. The Hall–Kier alpha value is -3.45. The number of aryl methyl sites for hydroxylation is 2. The summed E-state index contributed by atoms with van der Waals surface area (Å²) >= 11 is 5.91. The maximum Gasteiger partial charge on any atom is 0.227 e. The van der Waals surface area contributed by atoms with Crippen LogP contribution in [0.25, 0.3) is 22.8 Å². The molecule has 4 aromatic rings. The summed E-state index contributed by atoms with van der Waals surface area (Å²) in [5, 5.41) is 7.54. The molecule has 0 atom stereocenters. The number of imidazole rings is 1. The van der Waals surface area contributed by atoms with E-state index < -0.39 is 0 Å². The first kappa shape index (κ1) is 20.5. The van der Waals surface area contributed by atoms with Crippen LogP contribution in [0, 0.1) is 0 Å². The largest absolute Gasteiger partial charge is 0.339 e. The molecular formula is C24H22ClN5O2. The highest BCUT2D eigenvalue weighted by Crippen LogP contribution is 2.26. The van der Waals surface area contributed by atoms with E-state index in [-0.39, 0.29) is 12.3 Å². The van der Waals surface area contributed by atoms with Gasteiger partial charge in [-0.2, -0.15) is 4.98 Å². The summed E-state index contributed by atoms with van der Waals surface area (Å²) in [5.74, 6) is 1.78. The van der Waals surface area contributed by atoms with Gasteiger partial charge in [-0.1, -0.05) is 16.8 Å². The third-order valence-electron chi connectivity index (χ3n) is 5.57. The molecule has 0 unspecified atom stereocenters. The van der Waals surface area contributed by atoms with Crippen molar-refractivity contribution < 1.29 is 9.32 Å². The monoisotopic (exact) mass is 447 g/mol. The molecule has 0 saturated heterocycles. The van der Waals surface area contributed by atoms with Crippen molar-refractivity contribution in [1.29, 1.82) is 0 Å². The smallest absolute Gasteiger partial charge is 0.227 e. The van der Waals surface area contributed by atoms with Crippen molar-refractivity contribution >= 4 is 23.2 Å². The van der Waals surface area contributed by atoms with Gasteiger partial charge in [0.25, 0.3) is 0 Å². The molecule has 5 rings (SSSR count). The summed E-state index contributed by atoms with van der Waals surface area (Å²) < 4.78 is 7.56. The van der Waals surface area contributed by atoms with Crippen LogP contribution in [0.1, 0.15) is 30.8 Å². The summed E-state index contributed by atoms with van der Waals surface area (Å²) in [6.45, 7) is 1.01. The predicted octanol–water partition coefficient (Wildman–Crippen LogP) is 5.16. The molecule has 2 aromatic carbocycles. The topological polar surface area (TPSA) is 85.8 Å². The lowest BCUT2D eigenvalue weighted by atomic mass is 10.1. The van der Waals surface area contributed by atoms with Crippen molar-refractivity contribution in [3.05, 3.63) is 71.3 Å². The highest BCUT2D eigenvalue weighted by atomic mass is 35.5. The maximum atomic E-state index is 12.4. The number of halogens is 1. The van der Waals surface area contributed by atoms with E-state index in [1.165, 1.54) is 18.5 Å². The lowest BCUT2D eigenvalue weighted by Crippen LogP contribution is -2.12. The highest BCUT2D eigenvalue weighted by Gasteiger charge is 2.15. The van der Waals surface area contributed by atoms with Crippen molar-refractivity contribution in [1.82, 2.24) is 19.7 Å². The van der Waals surface area contributed by atoms with Crippen LogP contribution in [0.4, 0.5) is 5.69 Å². The molecule has 162 valence electrons. The van der Waals surface area contributed by atoms with E-state index in [0.717, 1.165) is 35.6 Å². The van der Waals surface area contributed by atoms with Crippen molar-refractivity contribution in [2.75, 3.05) is 5.32 Å². The lowest BCUT2D eigenvalue weighted by Gasteiger charge is -2.16. The van der Waals surface area contributed by atoms with E-state index >= 15 is 0 Å². The van der Waals surface area contributed by atoms with Crippen LogP contribution < -0.4 is 5.32 Å². The number of amides is 1. The van der Waals surface area contributed by atoms with Crippen LogP contribution >= 0.6 is 11.6 Å². The van der Waals surface area contributed by atoms with Gasteiger partial charge >= 0.3 is 0 Å². The van der Waals surface area contributed by atoms with Gasteiger partial charge in [-0.05, 0) is 67.8 Å².